The van der Waals surface area contributed by atoms with Crippen molar-refractivity contribution in [3.8, 4) is 17.2 Å². The molecule has 0 spiro atoms. The van der Waals surface area contributed by atoms with Gasteiger partial charge < -0.3 is 24.0 Å². The highest BCUT2D eigenvalue weighted by molar-refractivity contribution is 6.44. The first-order valence-electron chi connectivity index (χ1n) is 11.3. The fourth-order valence-corrected chi connectivity index (χ4v) is 4.45. The lowest BCUT2D eigenvalue weighted by Gasteiger charge is -2.28. The summed E-state index contributed by atoms with van der Waals surface area (Å²) in [6.45, 7) is 3.01. The summed E-state index contributed by atoms with van der Waals surface area (Å²) in [7, 11) is 8.67. The SMILES string of the molecule is COc1ccc(C2C(C(=O)c3ccc(OC)c(C)c3)C(=O)C(=O)N2CCC[NH+](C)C)c(OC)c1. The molecular weight excluding hydrogens is 436 g/mol. The molecule has 1 fully saturated rings. The normalized spacial score (nSPS) is 17.9. The second-order valence-corrected chi connectivity index (χ2v) is 8.75. The number of hydrogen-bond acceptors (Lipinski definition) is 6. The van der Waals surface area contributed by atoms with E-state index in [4.69, 9.17) is 14.2 Å². The van der Waals surface area contributed by atoms with Crippen molar-refractivity contribution >= 4 is 17.5 Å². The molecule has 1 aliphatic heterocycles. The average molecular weight is 470 g/mol. The summed E-state index contributed by atoms with van der Waals surface area (Å²) in [6, 6.07) is 9.46. The van der Waals surface area contributed by atoms with E-state index in [1.54, 1.807) is 50.6 Å². The molecule has 0 saturated carbocycles. The molecule has 0 aromatic heterocycles. The topological polar surface area (TPSA) is 86.6 Å². The van der Waals surface area contributed by atoms with Gasteiger partial charge in [-0.1, -0.05) is 0 Å². The van der Waals surface area contributed by atoms with Crippen LogP contribution in [0.5, 0.6) is 17.2 Å². The largest absolute Gasteiger partial charge is 0.497 e. The molecule has 0 aliphatic carbocycles. The van der Waals surface area contributed by atoms with E-state index in [-0.39, 0.29) is 0 Å². The lowest BCUT2D eigenvalue weighted by atomic mass is 9.85. The summed E-state index contributed by atoms with van der Waals surface area (Å²) in [5.41, 5.74) is 1.74. The summed E-state index contributed by atoms with van der Waals surface area (Å²) >= 11 is 0. The molecule has 2 aromatic rings. The minimum absolute atomic E-state index is 0.362. The highest BCUT2D eigenvalue weighted by atomic mass is 16.5. The summed E-state index contributed by atoms with van der Waals surface area (Å²) in [4.78, 5) is 42.8. The van der Waals surface area contributed by atoms with Crippen LogP contribution in [-0.4, -0.2) is 70.9 Å². The Balaban J connectivity index is 2.09. The highest BCUT2D eigenvalue weighted by Gasteiger charge is 2.52. The second kappa shape index (κ2) is 10.7. The van der Waals surface area contributed by atoms with Crippen LogP contribution >= 0.6 is 0 Å². The second-order valence-electron chi connectivity index (χ2n) is 8.75. The zero-order chi connectivity index (χ0) is 25.0. The van der Waals surface area contributed by atoms with E-state index in [0.29, 0.717) is 41.3 Å². The lowest BCUT2D eigenvalue weighted by molar-refractivity contribution is -0.858. The Bertz CT molecular complexity index is 1080. The fourth-order valence-electron chi connectivity index (χ4n) is 4.45. The Morgan fingerprint density at radius 2 is 1.68 bits per heavy atom. The van der Waals surface area contributed by atoms with Crippen LogP contribution < -0.4 is 19.1 Å². The van der Waals surface area contributed by atoms with Crippen molar-refractivity contribution in [3.05, 3.63) is 53.1 Å². The number of benzene rings is 2. The number of nitrogens with zero attached hydrogens (tertiary/aromatic N) is 1. The third kappa shape index (κ3) is 4.92. The van der Waals surface area contributed by atoms with Gasteiger partial charge in [0.15, 0.2) is 5.78 Å². The molecule has 34 heavy (non-hydrogen) atoms. The van der Waals surface area contributed by atoms with E-state index in [1.807, 2.05) is 21.0 Å². The van der Waals surface area contributed by atoms with Gasteiger partial charge in [-0.05, 0) is 42.8 Å². The molecule has 2 unspecified atom stereocenters. The van der Waals surface area contributed by atoms with Crippen molar-refractivity contribution in [1.82, 2.24) is 4.90 Å². The molecule has 1 aliphatic rings. The van der Waals surface area contributed by atoms with Crippen molar-refractivity contribution < 1.29 is 33.5 Å². The van der Waals surface area contributed by atoms with Crippen LogP contribution in [0.2, 0.25) is 0 Å². The van der Waals surface area contributed by atoms with Gasteiger partial charge in [0.25, 0.3) is 5.91 Å². The Kier molecular flexibility index (Phi) is 7.94. The predicted octanol–water partition coefficient (Wildman–Crippen LogP) is 1.51. The number of rotatable bonds is 10. The Hall–Kier alpha value is -3.39. The predicted molar refractivity (Wildman–Crippen MR) is 127 cm³/mol. The number of amides is 1. The first-order valence-corrected chi connectivity index (χ1v) is 11.3. The van der Waals surface area contributed by atoms with Crippen LogP contribution in [-0.2, 0) is 9.59 Å². The minimum atomic E-state index is -1.17. The standard InChI is InChI=1S/C26H32N2O6/c1-16-14-17(8-11-20(16)33-5)24(29)22-23(19-10-9-18(32-4)15-21(19)34-6)28(26(31)25(22)30)13-7-12-27(2)3/h8-11,14-15,22-23H,7,12-13H2,1-6H3/p+1. The van der Waals surface area contributed by atoms with E-state index in [1.165, 1.54) is 16.9 Å². The third-order valence-electron chi connectivity index (χ3n) is 6.20. The molecule has 182 valence electrons. The molecule has 1 saturated heterocycles. The number of ether oxygens (including phenoxy) is 3. The maximum absolute atomic E-state index is 13.7. The zero-order valence-corrected chi connectivity index (χ0v) is 20.6. The maximum atomic E-state index is 13.7. The molecule has 8 heteroatoms. The van der Waals surface area contributed by atoms with Gasteiger partial charge in [0, 0.05) is 30.2 Å². The molecule has 2 aromatic carbocycles. The van der Waals surface area contributed by atoms with Gasteiger partial charge in [0.2, 0.25) is 5.78 Å². The van der Waals surface area contributed by atoms with E-state index in [9.17, 15) is 14.4 Å². The molecule has 1 heterocycles. The maximum Gasteiger partial charge on any atom is 0.291 e. The molecule has 1 N–H and O–H groups in total. The summed E-state index contributed by atoms with van der Waals surface area (Å²) in [5, 5.41) is 0. The number of hydrogen-bond donors (Lipinski definition) is 1. The van der Waals surface area contributed by atoms with Crippen LogP contribution in [0.1, 0.15) is 33.9 Å². The molecular formula is C26H33N2O6+. The van der Waals surface area contributed by atoms with Gasteiger partial charge >= 0.3 is 0 Å². The van der Waals surface area contributed by atoms with Crippen molar-refractivity contribution in [3.63, 3.8) is 0 Å². The van der Waals surface area contributed by atoms with Crippen molar-refractivity contribution in [2.24, 2.45) is 5.92 Å². The van der Waals surface area contributed by atoms with Crippen molar-refractivity contribution in [2.75, 3.05) is 48.5 Å². The number of ketones is 2. The van der Waals surface area contributed by atoms with E-state index in [2.05, 4.69) is 0 Å². The number of carbonyl (C=O) groups excluding carboxylic acids is 3. The smallest absolute Gasteiger partial charge is 0.291 e. The first kappa shape index (κ1) is 25.2. The number of nitrogens with one attached hydrogen (secondary N) is 1. The van der Waals surface area contributed by atoms with Crippen LogP contribution in [0.4, 0.5) is 0 Å². The van der Waals surface area contributed by atoms with Gasteiger partial charge in [-0.3, -0.25) is 14.4 Å². The van der Waals surface area contributed by atoms with Gasteiger partial charge in [0.1, 0.15) is 23.2 Å². The summed E-state index contributed by atoms with van der Waals surface area (Å²) in [5.74, 6) is -1.22. The first-order chi connectivity index (χ1) is 16.2. The quantitative estimate of drug-likeness (QED) is 0.323. The van der Waals surface area contributed by atoms with E-state index in [0.717, 1.165) is 12.1 Å². The van der Waals surface area contributed by atoms with Crippen LogP contribution in [0.3, 0.4) is 0 Å². The van der Waals surface area contributed by atoms with Crippen molar-refractivity contribution in [2.45, 2.75) is 19.4 Å². The number of methoxy groups -OCH3 is 3. The Morgan fingerprint density at radius 3 is 2.26 bits per heavy atom. The van der Waals surface area contributed by atoms with Gasteiger partial charge in [-0.25, -0.2) is 0 Å². The third-order valence-corrected chi connectivity index (χ3v) is 6.20. The summed E-state index contributed by atoms with van der Waals surface area (Å²) < 4.78 is 16.2. The molecule has 0 radical (unpaired) electrons. The van der Waals surface area contributed by atoms with Gasteiger partial charge in [0.05, 0.1) is 48.0 Å². The van der Waals surface area contributed by atoms with Gasteiger partial charge in [-0.2, -0.15) is 0 Å². The van der Waals surface area contributed by atoms with E-state index >= 15 is 0 Å². The zero-order valence-electron chi connectivity index (χ0n) is 20.6. The monoisotopic (exact) mass is 469 g/mol. The number of Topliss-reactive ketones (excluding diaryl/α,β-unsaturated/α-hetero) is 2. The van der Waals surface area contributed by atoms with Crippen molar-refractivity contribution in [1.29, 1.82) is 0 Å². The Morgan fingerprint density at radius 1 is 0.971 bits per heavy atom. The number of likely N-dealkylation sites (tertiary alicyclic amines) is 1. The number of quaternary nitrogens is 1. The number of aryl methyl sites for hydroxylation is 1. The molecule has 8 nitrogen and oxygen atoms in total. The average Bonchev–Trinajstić information content (AvgIpc) is 3.07. The number of carbonyl (C=O) groups is 3. The fraction of sp³-hybridized carbons (Fsp3) is 0.423. The van der Waals surface area contributed by atoms with E-state index < -0.39 is 29.4 Å². The Labute approximate surface area is 200 Å². The lowest BCUT2D eigenvalue weighted by Crippen LogP contribution is -3.05. The molecule has 1 amide bonds. The minimum Gasteiger partial charge on any atom is -0.497 e. The molecule has 0 bridgehead atoms. The molecule has 3 rings (SSSR count). The highest BCUT2D eigenvalue weighted by Crippen LogP contribution is 2.43. The van der Waals surface area contributed by atoms with Crippen LogP contribution in [0.25, 0.3) is 0 Å². The molecule has 2 atom stereocenters. The van der Waals surface area contributed by atoms with Gasteiger partial charge in [-0.15, -0.1) is 0 Å². The summed E-state index contributed by atoms with van der Waals surface area (Å²) in [6.07, 6.45) is 0.693. The van der Waals surface area contributed by atoms with Crippen LogP contribution in [0, 0.1) is 12.8 Å². The van der Waals surface area contributed by atoms with Crippen LogP contribution in [0.15, 0.2) is 36.4 Å².